The maximum atomic E-state index is 11.8. The SMILES string of the molecule is CCOC(CNC(=O)NC(C)Oc1ccc(Cl)cc1)OCC. The monoisotopic (exact) mass is 330 g/mol. The fourth-order valence-corrected chi connectivity index (χ4v) is 1.82. The lowest BCUT2D eigenvalue weighted by Gasteiger charge is -2.20. The molecule has 7 heteroatoms. The average molecular weight is 331 g/mol. The van der Waals surface area contributed by atoms with Crippen molar-refractivity contribution in [3.8, 4) is 5.75 Å². The van der Waals surface area contributed by atoms with Gasteiger partial charge in [0.2, 0.25) is 0 Å². The zero-order valence-corrected chi connectivity index (χ0v) is 13.9. The van der Waals surface area contributed by atoms with Crippen LogP contribution in [0.5, 0.6) is 5.75 Å². The first-order valence-corrected chi connectivity index (χ1v) is 7.62. The maximum Gasteiger partial charge on any atom is 0.317 e. The van der Waals surface area contributed by atoms with Crippen molar-refractivity contribution in [3.63, 3.8) is 0 Å². The molecule has 124 valence electrons. The van der Waals surface area contributed by atoms with Crippen LogP contribution in [-0.4, -0.2) is 38.3 Å². The van der Waals surface area contributed by atoms with Crippen molar-refractivity contribution in [1.29, 1.82) is 0 Å². The second kappa shape index (κ2) is 10.3. The Kier molecular flexibility index (Phi) is 8.65. The van der Waals surface area contributed by atoms with Gasteiger partial charge in [-0.05, 0) is 45.0 Å². The molecule has 1 atom stereocenters. The Bertz CT molecular complexity index is 436. The van der Waals surface area contributed by atoms with Gasteiger partial charge in [0.05, 0.1) is 6.54 Å². The number of carbonyl (C=O) groups is 1. The van der Waals surface area contributed by atoms with E-state index >= 15 is 0 Å². The molecule has 0 radical (unpaired) electrons. The van der Waals surface area contributed by atoms with Crippen LogP contribution in [0.1, 0.15) is 20.8 Å². The standard InChI is InChI=1S/C15H23ClN2O4/c1-4-20-14(21-5-2)10-17-15(19)18-11(3)22-13-8-6-12(16)7-9-13/h6-9,11,14H,4-5,10H2,1-3H3,(H2,17,18,19). The molecular formula is C15H23ClN2O4. The largest absolute Gasteiger partial charge is 0.471 e. The molecule has 0 saturated heterocycles. The van der Waals surface area contributed by atoms with Crippen LogP contribution in [0.3, 0.4) is 0 Å². The molecule has 0 saturated carbocycles. The van der Waals surface area contributed by atoms with Gasteiger partial charge in [0.25, 0.3) is 0 Å². The Morgan fingerprint density at radius 2 is 1.77 bits per heavy atom. The van der Waals surface area contributed by atoms with Crippen LogP contribution < -0.4 is 15.4 Å². The third-order valence-electron chi connectivity index (χ3n) is 2.60. The Labute approximate surface area is 136 Å². The lowest BCUT2D eigenvalue weighted by molar-refractivity contribution is -0.131. The van der Waals surface area contributed by atoms with Crippen molar-refractivity contribution in [3.05, 3.63) is 29.3 Å². The van der Waals surface area contributed by atoms with Gasteiger partial charge < -0.3 is 24.8 Å². The Hall–Kier alpha value is -1.50. The molecule has 0 aliphatic rings. The number of rotatable bonds is 9. The van der Waals surface area contributed by atoms with Gasteiger partial charge in [0.1, 0.15) is 5.75 Å². The number of carbonyl (C=O) groups excluding carboxylic acids is 1. The molecule has 0 heterocycles. The summed E-state index contributed by atoms with van der Waals surface area (Å²) in [4.78, 5) is 11.8. The van der Waals surface area contributed by atoms with Gasteiger partial charge >= 0.3 is 6.03 Å². The zero-order valence-electron chi connectivity index (χ0n) is 13.1. The number of ether oxygens (including phenoxy) is 3. The van der Waals surface area contributed by atoms with E-state index in [0.29, 0.717) is 24.0 Å². The minimum absolute atomic E-state index is 0.265. The summed E-state index contributed by atoms with van der Waals surface area (Å²) >= 11 is 5.80. The summed E-state index contributed by atoms with van der Waals surface area (Å²) in [6, 6.07) is 6.56. The van der Waals surface area contributed by atoms with Crippen LogP contribution >= 0.6 is 11.6 Å². The van der Waals surface area contributed by atoms with E-state index in [1.165, 1.54) is 0 Å². The highest BCUT2D eigenvalue weighted by atomic mass is 35.5. The zero-order chi connectivity index (χ0) is 16.4. The summed E-state index contributed by atoms with van der Waals surface area (Å²) in [5.41, 5.74) is 0. The predicted molar refractivity (Wildman–Crippen MR) is 85.1 cm³/mol. The van der Waals surface area contributed by atoms with E-state index in [0.717, 1.165) is 0 Å². The third kappa shape index (κ3) is 7.49. The number of nitrogens with one attached hydrogen (secondary N) is 2. The van der Waals surface area contributed by atoms with Gasteiger partial charge in [-0.3, -0.25) is 0 Å². The van der Waals surface area contributed by atoms with Crippen molar-refractivity contribution >= 4 is 17.6 Å². The molecule has 0 bridgehead atoms. The molecular weight excluding hydrogens is 308 g/mol. The number of halogens is 1. The molecule has 0 aliphatic carbocycles. The van der Waals surface area contributed by atoms with Gasteiger partial charge in [-0.1, -0.05) is 11.6 Å². The molecule has 2 N–H and O–H groups in total. The van der Waals surface area contributed by atoms with E-state index in [-0.39, 0.29) is 12.6 Å². The molecule has 1 unspecified atom stereocenters. The highest BCUT2D eigenvalue weighted by molar-refractivity contribution is 6.30. The second-order valence-electron chi connectivity index (χ2n) is 4.41. The van der Waals surface area contributed by atoms with Crippen LogP contribution in [0.25, 0.3) is 0 Å². The molecule has 0 fully saturated rings. The van der Waals surface area contributed by atoms with Crippen LogP contribution in [-0.2, 0) is 9.47 Å². The van der Waals surface area contributed by atoms with Crippen molar-refractivity contribution in [2.24, 2.45) is 0 Å². The molecule has 1 aromatic carbocycles. The number of hydrogen-bond donors (Lipinski definition) is 2. The Balaban J connectivity index is 2.32. The van der Waals surface area contributed by atoms with Gasteiger partial charge in [-0.25, -0.2) is 4.79 Å². The topological polar surface area (TPSA) is 68.8 Å². The summed E-state index contributed by atoms with van der Waals surface area (Å²) < 4.78 is 16.2. The quantitative estimate of drug-likeness (QED) is 0.683. The van der Waals surface area contributed by atoms with Gasteiger partial charge in [0.15, 0.2) is 12.5 Å². The molecule has 1 aromatic rings. The van der Waals surface area contributed by atoms with E-state index in [4.69, 9.17) is 25.8 Å². The number of hydrogen-bond acceptors (Lipinski definition) is 4. The van der Waals surface area contributed by atoms with Gasteiger partial charge in [0, 0.05) is 18.2 Å². The van der Waals surface area contributed by atoms with Gasteiger partial charge in [-0.15, -0.1) is 0 Å². The summed E-state index contributed by atoms with van der Waals surface area (Å²) in [5.74, 6) is 0.624. The predicted octanol–water partition coefficient (Wildman–Crippen LogP) is 2.76. The Morgan fingerprint density at radius 3 is 2.32 bits per heavy atom. The lowest BCUT2D eigenvalue weighted by Crippen LogP contribution is -2.46. The number of urea groups is 1. The lowest BCUT2D eigenvalue weighted by atomic mass is 10.3. The number of amides is 2. The minimum Gasteiger partial charge on any atom is -0.471 e. The highest BCUT2D eigenvalue weighted by Crippen LogP contribution is 2.16. The van der Waals surface area contributed by atoms with E-state index in [1.54, 1.807) is 31.2 Å². The highest BCUT2D eigenvalue weighted by Gasteiger charge is 2.12. The Morgan fingerprint density at radius 1 is 1.18 bits per heavy atom. The van der Waals surface area contributed by atoms with Crippen LogP contribution in [0.4, 0.5) is 4.79 Å². The molecule has 6 nitrogen and oxygen atoms in total. The minimum atomic E-state index is -0.487. The van der Waals surface area contributed by atoms with Crippen LogP contribution in [0, 0.1) is 0 Å². The molecule has 2 amide bonds. The normalized spacial score (nSPS) is 12.0. The average Bonchev–Trinajstić information content (AvgIpc) is 2.47. The van der Waals surface area contributed by atoms with Crippen LogP contribution in [0.2, 0.25) is 5.02 Å². The molecule has 0 aromatic heterocycles. The molecule has 1 rings (SSSR count). The summed E-state index contributed by atoms with van der Waals surface area (Å²) in [6.45, 7) is 6.77. The summed E-state index contributed by atoms with van der Waals surface area (Å²) in [7, 11) is 0. The molecule has 22 heavy (non-hydrogen) atoms. The van der Waals surface area contributed by atoms with Crippen molar-refractivity contribution in [1.82, 2.24) is 10.6 Å². The van der Waals surface area contributed by atoms with Gasteiger partial charge in [-0.2, -0.15) is 0 Å². The first-order valence-electron chi connectivity index (χ1n) is 7.25. The summed E-state index contributed by atoms with van der Waals surface area (Å²) in [6.07, 6.45) is -0.938. The summed E-state index contributed by atoms with van der Waals surface area (Å²) in [5, 5.41) is 5.97. The first-order chi connectivity index (χ1) is 10.5. The van der Waals surface area contributed by atoms with Crippen LogP contribution in [0.15, 0.2) is 24.3 Å². The third-order valence-corrected chi connectivity index (χ3v) is 2.85. The van der Waals surface area contributed by atoms with Crippen molar-refractivity contribution in [2.45, 2.75) is 33.3 Å². The molecule has 0 spiro atoms. The fourth-order valence-electron chi connectivity index (χ4n) is 1.70. The molecule has 0 aliphatic heterocycles. The maximum absolute atomic E-state index is 11.8. The van der Waals surface area contributed by atoms with E-state index < -0.39 is 12.5 Å². The smallest absolute Gasteiger partial charge is 0.317 e. The first kappa shape index (κ1) is 18.5. The number of benzene rings is 1. The van der Waals surface area contributed by atoms with Crippen molar-refractivity contribution in [2.75, 3.05) is 19.8 Å². The van der Waals surface area contributed by atoms with E-state index in [1.807, 2.05) is 13.8 Å². The van der Waals surface area contributed by atoms with Crippen molar-refractivity contribution < 1.29 is 19.0 Å². The van der Waals surface area contributed by atoms with E-state index in [9.17, 15) is 4.79 Å². The fraction of sp³-hybridized carbons (Fsp3) is 0.533. The van der Waals surface area contributed by atoms with E-state index in [2.05, 4.69) is 10.6 Å². The second-order valence-corrected chi connectivity index (χ2v) is 4.85.